The zero-order chi connectivity index (χ0) is 7.40. The topological polar surface area (TPSA) is 29.3 Å². The van der Waals surface area contributed by atoms with Gasteiger partial charge < -0.3 is 5.73 Å². The third-order valence-electron chi connectivity index (χ3n) is 1.95. The first-order chi connectivity index (χ1) is 4.84. The molecule has 4 heteroatoms. The summed E-state index contributed by atoms with van der Waals surface area (Å²) in [5.74, 6) is 0. The van der Waals surface area contributed by atoms with Gasteiger partial charge in [-0.05, 0) is 25.8 Å². The molecule has 0 saturated carbocycles. The van der Waals surface area contributed by atoms with Gasteiger partial charge in [-0.25, -0.2) is 0 Å². The summed E-state index contributed by atoms with van der Waals surface area (Å²) in [6.07, 6.45) is 3.97. The van der Waals surface area contributed by atoms with Crippen LogP contribution in [-0.2, 0) is 0 Å². The van der Waals surface area contributed by atoms with Crippen molar-refractivity contribution in [3.8, 4) is 0 Å². The minimum Gasteiger partial charge on any atom is -0.329 e. The zero-order valence-corrected chi connectivity index (χ0v) is 9.93. The van der Waals surface area contributed by atoms with Crippen molar-refractivity contribution < 1.29 is 0 Å². The first kappa shape index (κ1) is 11.9. The monoisotopic (exact) mass is 286 g/mol. The number of hydrogen-bond acceptors (Lipinski definition) is 2. The molecule has 1 aliphatic rings. The van der Waals surface area contributed by atoms with Crippen molar-refractivity contribution >= 4 is 32.9 Å². The highest BCUT2D eigenvalue weighted by Gasteiger charge is 2.17. The van der Waals surface area contributed by atoms with Crippen LogP contribution in [0.5, 0.6) is 0 Å². The molecule has 0 aromatic heterocycles. The number of hydrogen-bond donors (Lipinski definition) is 1. The van der Waals surface area contributed by atoms with Gasteiger partial charge in [0.15, 0.2) is 0 Å². The van der Waals surface area contributed by atoms with E-state index in [1.165, 1.54) is 25.8 Å². The molecule has 0 aromatic carbocycles. The lowest BCUT2D eigenvalue weighted by Crippen LogP contribution is -2.38. The maximum atomic E-state index is 5.46. The molecule has 1 aliphatic heterocycles. The minimum atomic E-state index is 0. The molecule has 1 fully saturated rings. The average Bonchev–Trinajstić information content (AvgIpc) is 1.94. The van der Waals surface area contributed by atoms with Crippen molar-refractivity contribution in [2.45, 2.75) is 24.2 Å². The highest BCUT2D eigenvalue weighted by molar-refractivity contribution is 9.09. The molecule has 68 valence electrons. The van der Waals surface area contributed by atoms with Crippen LogP contribution in [0.4, 0.5) is 0 Å². The van der Waals surface area contributed by atoms with Crippen molar-refractivity contribution in [2.24, 2.45) is 5.73 Å². The van der Waals surface area contributed by atoms with Crippen LogP contribution in [-0.4, -0.2) is 29.5 Å². The third kappa shape index (κ3) is 3.87. The largest absolute Gasteiger partial charge is 0.329 e. The summed E-state index contributed by atoms with van der Waals surface area (Å²) < 4.78 is 0. The van der Waals surface area contributed by atoms with Gasteiger partial charge in [0.05, 0.1) is 4.95 Å². The van der Waals surface area contributed by atoms with E-state index in [0.717, 1.165) is 13.1 Å². The van der Waals surface area contributed by atoms with Crippen LogP contribution < -0.4 is 5.73 Å². The molecular formula is C7H16Br2N2. The lowest BCUT2D eigenvalue weighted by atomic mass is 10.1. The molecule has 0 bridgehead atoms. The first-order valence-corrected chi connectivity index (χ1v) is 4.84. The fourth-order valence-electron chi connectivity index (χ4n) is 1.37. The lowest BCUT2D eigenvalue weighted by Gasteiger charge is -2.31. The molecule has 0 radical (unpaired) electrons. The fourth-order valence-corrected chi connectivity index (χ4v) is 2.10. The van der Waals surface area contributed by atoms with Crippen LogP contribution in [0.25, 0.3) is 0 Å². The lowest BCUT2D eigenvalue weighted by molar-refractivity contribution is 0.216. The molecule has 0 amide bonds. The molecule has 1 rings (SSSR count). The summed E-state index contributed by atoms with van der Waals surface area (Å²) in [6.45, 7) is 3.03. The van der Waals surface area contributed by atoms with Crippen LogP contribution in [0.2, 0.25) is 0 Å². The van der Waals surface area contributed by atoms with Crippen LogP contribution in [0, 0.1) is 0 Å². The SMILES string of the molecule is Br.NCCN1CCCCC1Br. The van der Waals surface area contributed by atoms with E-state index in [0.29, 0.717) is 4.95 Å². The predicted octanol–water partition coefficient (Wildman–Crippen LogP) is 1.73. The standard InChI is InChI=1S/C7H15BrN2.BrH/c8-7-3-1-2-5-10(7)6-4-9;/h7H,1-6,9H2;1H. The predicted molar refractivity (Wildman–Crippen MR) is 57.5 cm³/mol. The van der Waals surface area contributed by atoms with E-state index in [4.69, 9.17) is 5.73 Å². The van der Waals surface area contributed by atoms with Crippen molar-refractivity contribution in [1.82, 2.24) is 4.90 Å². The maximum Gasteiger partial charge on any atom is 0.0656 e. The normalized spacial score (nSPS) is 26.2. The number of piperidine rings is 1. The second kappa shape index (κ2) is 6.40. The molecule has 1 atom stereocenters. The second-order valence-corrected chi connectivity index (χ2v) is 3.81. The van der Waals surface area contributed by atoms with Crippen molar-refractivity contribution in [2.75, 3.05) is 19.6 Å². The number of nitrogens with two attached hydrogens (primary N) is 1. The molecule has 0 aromatic rings. The number of alkyl halides is 1. The van der Waals surface area contributed by atoms with Gasteiger partial charge in [-0.2, -0.15) is 0 Å². The van der Waals surface area contributed by atoms with E-state index in [2.05, 4.69) is 20.8 Å². The van der Waals surface area contributed by atoms with E-state index in [-0.39, 0.29) is 17.0 Å². The van der Waals surface area contributed by atoms with Gasteiger partial charge in [-0.1, -0.05) is 15.9 Å². The Hall–Kier alpha value is 0.880. The fraction of sp³-hybridized carbons (Fsp3) is 1.00. The molecule has 1 saturated heterocycles. The van der Waals surface area contributed by atoms with Gasteiger partial charge in [0.2, 0.25) is 0 Å². The van der Waals surface area contributed by atoms with Gasteiger partial charge in [-0.3, -0.25) is 4.90 Å². The zero-order valence-electron chi connectivity index (χ0n) is 6.63. The smallest absolute Gasteiger partial charge is 0.0656 e. The Morgan fingerprint density at radius 3 is 2.73 bits per heavy atom. The Bertz CT molecular complexity index is 98.4. The Kier molecular flexibility index (Phi) is 6.91. The molecular weight excluding hydrogens is 272 g/mol. The van der Waals surface area contributed by atoms with E-state index in [1.807, 2.05) is 0 Å². The Morgan fingerprint density at radius 1 is 1.45 bits per heavy atom. The molecule has 2 N–H and O–H groups in total. The minimum absolute atomic E-state index is 0. The second-order valence-electron chi connectivity index (χ2n) is 2.75. The van der Waals surface area contributed by atoms with Crippen molar-refractivity contribution in [3.63, 3.8) is 0 Å². The van der Waals surface area contributed by atoms with Crippen molar-refractivity contribution in [3.05, 3.63) is 0 Å². The highest BCUT2D eigenvalue weighted by atomic mass is 79.9. The average molecular weight is 288 g/mol. The van der Waals surface area contributed by atoms with E-state index in [9.17, 15) is 0 Å². The highest BCUT2D eigenvalue weighted by Crippen LogP contribution is 2.20. The van der Waals surface area contributed by atoms with E-state index in [1.54, 1.807) is 0 Å². The summed E-state index contributed by atoms with van der Waals surface area (Å²) in [7, 11) is 0. The van der Waals surface area contributed by atoms with Crippen LogP contribution in [0.15, 0.2) is 0 Å². The summed E-state index contributed by atoms with van der Waals surface area (Å²) in [4.78, 5) is 2.99. The van der Waals surface area contributed by atoms with Gasteiger partial charge in [0, 0.05) is 13.1 Å². The summed E-state index contributed by atoms with van der Waals surface area (Å²) >= 11 is 3.63. The number of likely N-dealkylation sites (tertiary alicyclic amines) is 1. The molecule has 2 nitrogen and oxygen atoms in total. The number of rotatable bonds is 2. The maximum absolute atomic E-state index is 5.46. The Balaban J connectivity index is 0.000001000. The van der Waals surface area contributed by atoms with Crippen LogP contribution in [0.3, 0.4) is 0 Å². The molecule has 0 spiro atoms. The van der Waals surface area contributed by atoms with Gasteiger partial charge in [-0.15, -0.1) is 17.0 Å². The summed E-state index contributed by atoms with van der Waals surface area (Å²) in [5.41, 5.74) is 5.46. The van der Waals surface area contributed by atoms with E-state index < -0.39 is 0 Å². The van der Waals surface area contributed by atoms with Crippen LogP contribution in [0.1, 0.15) is 19.3 Å². The van der Waals surface area contributed by atoms with Gasteiger partial charge in [0.1, 0.15) is 0 Å². The molecule has 1 heterocycles. The first-order valence-electron chi connectivity index (χ1n) is 3.93. The Labute approximate surface area is 87.4 Å². The number of halogens is 2. The number of nitrogens with zero attached hydrogens (tertiary/aromatic N) is 1. The molecule has 1 unspecified atom stereocenters. The van der Waals surface area contributed by atoms with Gasteiger partial charge in [0.25, 0.3) is 0 Å². The third-order valence-corrected chi connectivity index (χ3v) is 2.99. The quantitative estimate of drug-likeness (QED) is 0.619. The molecule has 0 aliphatic carbocycles. The Morgan fingerprint density at radius 2 is 2.18 bits per heavy atom. The summed E-state index contributed by atoms with van der Waals surface area (Å²) in [5, 5.41) is 0. The molecule has 11 heavy (non-hydrogen) atoms. The summed E-state index contributed by atoms with van der Waals surface area (Å²) in [6, 6.07) is 0. The van der Waals surface area contributed by atoms with Gasteiger partial charge >= 0.3 is 0 Å². The van der Waals surface area contributed by atoms with E-state index >= 15 is 0 Å². The van der Waals surface area contributed by atoms with Crippen molar-refractivity contribution in [1.29, 1.82) is 0 Å². The van der Waals surface area contributed by atoms with Crippen LogP contribution >= 0.6 is 32.9 Å².